The average molecular weight is 471 g/mol. The zero-order chi connectivity index (χ0) is 23.5. The smallest absolute Gasteiger partial charge is 0.229 e. The summed E-state index contributed by atoms with van der Waals surface area (Å²) in [5.74, 6) is -0.114. The monoisotopic (exact) mass is 470 g/mol. The fourth-order valence-electron chi connectivity index (χ4n) is 4.00. The molecule has 0 saturated carbocycles. The average Bonchev–Trinajstić information content (AvgIpc) is 3.52. The van der Waals surface area contributed by atoms with Gasteiger partial charge in [0.2, 0.25) is 11.8 Å². The number of aromatic nitrogens is 2. The number of anilines is 2. The number of hydrogen-bond acceptors (Lipinski definition) is 6. The fourth-order valence-corrected chi connectivity index (χ4v) is 4.82. The van der Waals surface area contributed by atoms with Crippen LogP contribution < -0.4 is 15.0 Å². The van der Waals surface area contributed by atoms with Crippen molar-refractivity contribution in [3.05, 3.63) is 78.4 Å². The molecule has 1 atom stereocenters. The molecule has 0 radical (unpaired) electrons. The van der Waals surface area contributed by atoms with Crippen LogP contribution in [0.1, 0.15) is 6.42 Å². The maximum atomic E-state index is 13.0. The van der Waals surface area contributed by atoms with E-state index in [2.05, 4.69) is 10.3 Å². The van der Waals surface area contributed by atoms with Crippen LogP contribution in [0.25, 0.3) is 21.8 Å². The predicted molar refractivity (Wildman–Crippen MR) is 133 cm³/mol. The number of nitrogens with zero attached hydrogens (tertiary/aromatic N) is 3. The molecule has 1 saturated heterocycles. The van der Waals surface area contributed by atoms with E-state index in [4.69, 9.17) is 9.72 Å². The number of thiazole rings is 1. The Bertz CT molecular complexity index is 1340. The minimum Gasteiger partial charge on any atom is -0.495 e. The van der Waals surface area contributed by atoms with Gasteiger partial charge in [-0.05, 0) is 36.4 Å². The quantitative estimate of drug-likeness (QED) is 0.435. The molecule has 1 aliphatic heterocycles. The number of rotatable bonds is 6. The summed E-state index contributed by atoms with van der Waals surface area (Å²) in [6, 6.07) is 18.8. The van der Waals surface area contributed by atoms with Gasteiger partial charge in [0.15, 0.2) is 0 Å². The van der Waals surface area contributed by atoms with Crippen molar-refractivity contribution in [2.75, 3.05) is 23.9 Å². The van der Waals surface area contributed by atoms with E-state index in [1.54, 1.807) is 41.8 Å². The lowest BCUT2D eigenvalue weighted by molar-refractivity contribution is -0.122. The first-order chi connectivity index (χ1) is 16.6. The maximum absolute atomic E-state index is 13.0. The number of benzene rings is 2. The zero-order valence-corrected chi connectivity index (χ0v) is 19.3. The number of hydrogen-bond donors (Lipinski definition) is 1. The molecule has 34 heavy (non-hydrogen) atoms. The number of carbonyl (C=O) groups excluding carboxylic acids is 2. The number of methoxy groups -OCH3 is 1. The van der Waals surface area contributed by atoms with Gasteiger partial charge in [0, 0.05) is 47.6 Å². The van der Waals surface area contributed by atoms with Crippen molar-refractivity contribution in [2.45, 2.75) is 6.42 Å². The highest BCUT2D eigenvalue weighted by atomic mass is 32.1. The second kappa shape index (κ2) is 9.44. The molecule has 3 heterocycles. The SMILES string of the molecule is COc1ccccc1N1CC(C(=O)Nc2cccc(-c3csc(-c4cccnc4)n3)c2)CC1=O. The predicted octanol–water partition coefficient (Wildman–Crippen LogP) is 4.87. The highest BCUT2D eigenvalue weighted by Gasteiger charge is 2.36. The summed E-state index contributed by atoms with van der Waals surface area (Å²) in [7, 11) is 1.57. The Morgan fingerprint density at radius 1 is 1.12 bits per heavy atom. The van der Waals surface area contributed by atoms with E-state index in [0.29, 0.717) is 23.7 Å². The standard InChI is InChI=1S/C26H22N4O3S/c1-33-23-10-3-2-9-22(23)30-15-19(13-24(30)31)25(32)28-20-8-4-6-17(12-20)21-16-34-26(29-21)18-7-5-11-27-14-18/h2-12,14,16,19H,13,15H2,1H3,(H,28,32). The van der Waals surface area contributed by atoms with Crippen molar-refractivity contribution in [3.8, 4) is 27.6 Å². The highest BCUT2D eigenvalue weighted by Crippen LogP contribution is 2.34. The Labute approximate surface area is 201 Å². The highest BCUT2D eigenvalue weighted by molar-refractivity contribution is 7.13. The normalized spacial score (nSPS) is 15.4. The van der Waals surface area contributed by atoms with Gasteiger partial charge in [-0.3, -0.25) is 14.6 Å². The Kier molecular flexibility index (Phi) is 6.05. The number of carbonyl (C=O) groups is 2. The number of para-hydroxylation sites is 2. The summed E-state index contributed by atoms with van der Waals surface area (Å²) in [4.78, 5) is 36.1. The van der Waals surface area contributed by atoms with Gasteiger partial charge in [0.25, 0.3) is 0 Å². The van der Waals surface area contributed by atoms with Crippen molar-refractivity contribution in [1.82, 2.24) is 9.97 Å². The Balaban J connectivity index is 1.29. The maximum Gasteiger partial charge on any atom is 0.229 e. The lowest BCUT2D eigenvalue weighted by atomic mass is 10.1. The van der Waals surface area contributed by atoms with Crippen LogP contribution in [0.2, 0.25) is 0 Å². The van der Waals surface area contributed by atoms with Crippen molar-refractivity contribution in [3.63, 3.8) is 0 Å². The Hall–Kier alpha value is -4.04. The van der Waals surface area contributed by atoms with E-state index in [9.17, 15) is 9.59 Å². The summed E-state index contributed by atoms with van der Waals surface area (Å²) in [6.45, 7) is 0.311. The van der Waals surface area contributed by atoms with Crippen LogP contribution in [0.15, 0.2) is 78.4 Å². The minimum atomic E-state index is -0.447. The van der Waals surface area contributed by atoms with Crippen LogP contribution in [0.3, 0.4) is 0 Å². The van der Waals surface area contributed by atoms with Crippen molar-refractivity contribution in [2.24, 2.45) is 5.92 Å². The minimum absolute atomic E-state index is 0.0937. The van der Waals surface area contributed by atoms with E-state index in [1.165, 1.54) is 0 Å². The second-order valence-electron chi connectivity index (χ2n) is 7.93. The number of amides is 2. The molecule has 8 heteroatoms. The molecule has 2 aromatic carbocycles. The molecule has 0 aliphatic carbocycles. The van der Waals surface area contributed by atoms with Crippen LogP contribution in [-0.4, -0.2) is 35.4 Å². The molecule has 1 N–H and O–H groups in total. The third-order valence-corrected chi connectivity index (χ3v) is 6.60. The van der Waals surface area contributed by atoms with Gasteiger partial charge < -0.3 is 15.0 Å². The van der Waals surface area contributed by atoms with E-state index in [0.717, 1.165) is 21.8 Å². The molecule has 170 valence electrons. The van der Waals surface area contributed by atoms with E-state index in [1.807, 2.05) is 60.0 Å². The molecular weight excluding hydrogens is 448 g/mol. The van der Waals surface area contributed by atoms with Gasteiger partial charge in [-0.25, -0.2) is 4.98 Å². The van der Waals surface area contributed by atoms with Gasteiger partial charge in [0.1, 0.15) is 10.8 Å². The first kappa shape index (κ1) is 21.8. The molecule has 1 aliphatic rings. The molecule has 7 nitrogen and oxygen atoms in total. The first-order valence-corrected chi connectivity index (χ1v) is 11.7. The van der Waals surface area contributed by atoms with Gasteiger partial charge >= 0.3 is 0 Å². The topological polar surface area (TPSA) is 84.4 Å². The molecule has 0 bridgehead atoms. The van der Waals surface area contributed by atoms with Gasteiger partial charge in [-0.2, -0.15) is 0 Å². The molecule has 5 rings (SSSR count). The lowest BCUT2D eigenvalue weighted by Crippen LogP contribution is -2.28. The summed E-state index contributed by atoms with van der Waals surface area (Å²) in [5, 5.41) is 5.85. The van der Waals surface area contributed by atoms with Gasteiger partial charge in [-0.1, -0.05) is 24.3 Å². The first-order valence-electron chi connectivity index (χ1n) is 10.8. The van der Waals surface area contributed by atoms with E-state index < -0.39 is 5.92 Å². The van der Waals surface area contributed by atoms with Crippen molar-refractivity contribution < 1.29 is 14.3 Å². The number of nitrogens with one attached hydrogen (secondary N) is 1. The van der Waals surface area contributed by atoms with Gasteiger partial charge in [-0.15, -0.1) is 11.3 Å². The number of ether oxygens (including phenoxy) is 1. The summed E-state index contributed by atoms with van der Waals surface area (Å²) >= 11 is 1.55. The van der Waals surface area contributed by atoms with E-state index in [-0.39, 0.29) is 18.2 Å². The third-order valence-electron chi connectivity index (χ3n) is 5.71. The largest absolute Gasteiger partial charge is 0.495 e. The molecule has 2 amide bonds. The van der Waals surface area contributed by atoms with Crippen LogP contribution in [0, 0.1) is 5.92 Å². The molecule has 2 aromatic heterocycles. The van der Waals surface area contributed by atoms with Crippen molar-refractivity contribution >= 4 is 34.5 Å². The lowest BCUT2D eigenvalue weighted by Gasteiger charge is -2.19. The summed E-state index contributed by atoms with van der Waals surface area (Å²) in [5.41, 5.74) is 4.05. The van der Waals surface area contributed by atoms with E-state index >= 15 is 0 Å². The van der Waals surface area contributed by atoms with Crippen LogP contribution in [-0.2, 0) is 9.59 Å². The van der Waals surface area contributed by atoms with Crippen molar-refractivity contribution in [1.29, 1.82) is 0 Å². The fraction of sp³-hybridized carbons (Fsp3) is 0.154. The molecule has 4 aromatic rings. The summed E-state index contributed by atoms with van der Waals surface area (Å²) in [6.07, 6.45) is 3.68. The molecule has 0 spiro atoms. The molecule has 1 unspecified atom stereocenters. The summed E-state index contributed by atoms with van der Waals surface area (Å²) < 4.78 is 5.38. The zero-order valence-electron chi connectivity index (χ0n) is 18.5. The third kappa shape index (κ3) is 4.40. The Morgan fingerprint density at radius 2 is 1.97 bits per heavy atom. The van der Waals surface area contributed by atoms with Crippen LogP contribution >= 0.6 is 11.3 Å². The Morgan fingerprint density at radius 3 is 2.79 bits per heavy atom. The number of pyridine rings is 1. The molecule has 1 fully saturated rings. The van der Waals surface area contributed by atoms with Crippen LogP contribution in [0.4, 0.5) is 11.4 Å². The van der Waals surface area contributed by atoms with Crippen LogP contribution in [0.5, 0.6) is 5.75 Å². The molecular formula is C26H22N4O3S. The second-order valence-corrected chi connectivity index (χ2v) is 8.78. The van der Waals surface area contributed by atoms with Gasteiger partial charge in [0.05, 0.1) is 24.4 Å².